The minimum Gasteiger partial charge on any atom is -0.325 e. The second kappa shape index (κ2) is 7.13. The van der Waals surface area contributed by atoms with Crippen LogP contribution in [0.3, 0.4) is 0 Å². The highest BCUT2D eigenvalue weighted by Crippen LogP contribution is 2.30. The Bertz CT molecular complexity index is 343. The summed E-state index contributed by atoms with van der Waals surface area (Å²) in [6.45, 7) is 18.6. The lowest BCUT2D eigenvalue weighted by Gasteiger charge is -2.33. The Morgan fingerprint density at radius 2 is 1.67 bits per heavy atom. The molecular formula is C18H36N2O. The average molecular weight is 296 g/mol. The fourth-order valence-corrected chi connectivity index (χ4v) is 3.48. The summed E-state index contributed by atoms with van der Waals surface area (Å²) in [7, 11) is 0. The summed E-state index contributed by atoms with van der Waals surface area (Å²) in [5, 5.41) is 3.61. The second-order valence-corrected chi connectivity index (χ2v) is 8.08. The quantitative estimate of drug-likeness (QED) is 0.773. The van der Waals surface area contributed by atoms with E-state index in [1.165, 1.54) is 0 Å². The molecule has 0 bridgehead atoms. The van der Waals surface area contributed by atoms with Gasteiger partial charge in [-0.1, -0.05) is 48.5 Å². The number of rotatable bonds is 7. The van der Waals surface area contributed by atoms with Gasteiger partial charge in [0, 0.05) is 6.54 Å². The molecule has 1 aliphatic heterocycles. The molecule has 0 aromatic rings. The molecule has 3 heteroatoms. The highest BCUT2D eigenvalue weighted by molar-refractivity contribution is 5.88. The lowest BCUT2D eigenvalue weighted by atomic mass is 9.85. The van der Waals surface area contributed by atoms with E-state index < -0.39 is 0 Å². The highest BCUT2D eigenvalue weighted by Gasteiger charge is 2.47. The Hall–Kier alpha value is -0.570. The molecule has 2 unspecified atom stereocenters. The molecule has 0 radical (unpaired) electrons. The molecule has 1 N–H and O–H groups in total. The first-order valence-corrected chi connectivity index (χ1v) is 8.71. The van der Waals surface area contributed by atoms with E-state index in [2.05, 4.69) is 65.6 Å². The van der Waals surface area contributed by atoms with Gasteiger partial charge in [-0.25, -0.2) is 0 Å². The first-order valence-electron chi connectivity index (χ1n) is 8.71. The number of hydrogen-bond donors (Lipinski definition) is 1. The first-order chi connectivity index (χ1) is 9.62. The number of carbonyl (C=O) groups excluding carboxylic acids is 1. The van der Waals surface area contributed by atoms with Gasteiger partial charge in [-0.15, -0.1) is 0 Å². The van der Waals surface area contributed by atoms with Crippen LogP contribution < -0.4 is 5.32 Å². The summed E-state index contributed by atoms with van der Waals surface area (Å²) in [5.74, 6) is 2.65. The van der Waals surface area contributed by atoms with Crippen LogP contribution in [0.2, 0.25) is 0 Å². The van der Waals surface area contributed by atoms with Gasteiger partial charge in [-0.3, -0.25) is 10.1 Å². The minimum atomic E-state index is -0.377. The minimum absolute atomic E-state index is 0.197. The van der Waals surface area contributed by atoms with Crippen LogP contribution in [0.5, 0.6) is 0 Å². The molecule has 0 aromatic carbocycles. The topological polar surface area (TPSA) is 32.3 Å². The zero-order chi connectivity index (χ0) is 16.4. The number of amides is 1. The lowest BCUT2D eigenvalue weighted by molar-refractivity contribution is -0.134. The van der Waals surface area contributed by atoms with Crippen molar-refractivity contribution in [2.45, 2.75) is 79.9 Å². The molecule has 0 aromatic heterocycles. The van der Waals surface area contributed by atoms with Gasteiger partial charge >= 0.3 is 0 Å². The summed E-state index contributed by atoms with van der Waals surface area (Å²) >= 11 is 0. The molecule has 124 valence electrons. The normalized spacial score (nSPS) is 27.0. The van der Waals surface area contributed by atoms with Crippen molar-refractivity contribution < 1.29 is 4.79 Å². The lowest BCUT2D eigenvalue weighted by Crippen LogP contribution is -2.44. The van der Waals surface area contributed by atoms with Crippen molar-refractivity contribution in [3.63, 3.8) is 0 Å². The maximum Gasteiger partial charge on any atom is 0.243 e. The summed E-state index contributed by atoms with van der Waals surface area (Å²) in [6, 6.07) is 0. The molecule has 1 fully saturated rings. The average Bonchev–Trinajstić information content (AvgIpc) is 2.58. The standard InChI is InChI=1S/C18H36N2O/c1-9-18(8)17(21)20(16(19-18)10-12(2)3)11-15(13(4)5)14(6)7/h12-16,19H,9-11H2,1-8H3. The van der Waals surface area contributed by atoms with Crippen LogP contribution in [0.25, 0.3) is 0 Å². The Morgan fingerprint density at radius 1 is 1.14 bits per heavy atom. The molecule has 1 rings (SSSR count). The molecule has 0 aliphatic carbocycles. The molecule has 21 heavy (non-hydrogen) atoms. The molecule has 1 amide bonds. The van der Waals surface area contributed by atoms with Crippen LogP contribution in [0.1, 0.15) is 68.2 Å². The van der Waals surface area contributed by atoms with Gasteiger partial charge in [0.05, 0.1) is 11.7 Å². The summed E-state index contributed by atoms with van der Waals surface area (Å²) in [5.41, 5.74) is -0.377. The highest BCUT2D eigenvalue weighted by atomic mass is 16.2. The number of nitrogens with one attached hydrogen (secondary N) is 1. The van der Waals surface area contributed by atoms with Crippen molar-refractivity contribution >= 4 is 5.91 Å². The number of nitrogens with zero attached hydrogens (tertiary/aromatic N) is 1. The molecule has 1 heterocycles. The third-order valence-electron chi connectivity index (χ3n) is 5.12. The van der Waals surface area contributed by atoms with E-state index in [0.717, 1.165) is 19.4 Å². The van der Waals surface area contributed by atoms with E-state index in [4.69, 9.17) is 0 Å². The van der Waals surface area contributed by atoms with Crippen LogP contribution >= 0.6 is 0 Å². The maximum absolute atomic E-state index is 12.9. The molecule has 0 spiro atoms. The summed E-state index contributed by atoms with van der Waals surface area (Å²) in [6.07, 6.45) is 2.08. The Morgan fingerprint density at radius 3 is 2.05 bits per heavy atom. The SMILES string of the molecule is CCC1(C)NC(CC(C)C)N(CC(C(C)C)C(C)C)C1=O. The van der Waals surface area contributed by atoms with Gasteiger partial charge in [0.25, 0.3) is 0 Å². The second-order valence-electron chi connectivity index (χ2n) is 8.08. The van der Waals surface area contributed by atoms with Crippen molar-refractivity contribution in [2.24, 2.45) is 23.7 Å². The first kappa shape index (κ1) is 18.5. The third-order valence-corrected chi connectivity index (χ3v) is 5.12. The molecule has 0 saturated carbocycles. The van der Waals surface area contributed by atoms with E-state index >= 15 is 0 Å². The monoisotopic (exact) mass is 296 g/mol. The number of carbonyl (C=O) groups is 1. The fourth-order valence-electron chi connectivity index (χ4n) is 3.48. The van der Waals surface area contributed by atoms with Crippen molar-refractivity contribution in [3.8, 4) is 0 Å². The molecule has 2 atom stereocenters. The van der Waals surface area contributed by atoms with E-state index in [1.54, 1.807) is 0 Å². The largest absolute Gasteiger partial charge is 0.325 e. The number of hydrogen-bond acceptors (Lipinski definition) is 2. The zero-order valence-electron chi connectivity index (χ0n) is 15.4. The van der Waals surface area contributed by atoms with E-state index in [9.17, 15) is 4.79 Å². The fraction of sp³-hybridized carbons (Fsp3) is 0.944. The van der Waals surface area contributed by atoms with Crippen LogP contribution in [0.4, 0.5) is 0 Å². The Labute approximate surface area is 131 Å². The van der Waals surface area contributed by atoms with Gasteiger partial charge in [0.1, 0.15) is 0 Å². The Balaban J connectivity index is 2.95. The predicted molar refractivity (Wildman–Crippen MR) is 90.0 cm³/mol. The third kappa shape index (κ3) is 4.21. The van der Waals surface area contributed by atoms with Crippen molar-refractivity contribution in [2.75, 3.05) is 6.54 Å². The van der Waals surface area contributed by atoms with Gasteiger partial charge in [0.2, 0.25) is 5.91 Å². The summed E-state index contributed by atoms with van der Waals surface area (Å²) in [4.78, 5) is 15.0. The van der Waals surface area contributed by atoms with Gasteiger partial charge in [-0.05, 0) is 43.4 Å². The smallest absolute Gasteiger partial charge is 0.243 e. The zero-order valence-corrected chi connectivity index (χ0v) is 15.4. The van der Waals surface area contributed by atoms with E-state index in [1.807, 2.05) is 0 Å². The molecule has 1 saturated heterocycles. The van der Waals surface area contributed by atoms with Crippen molar-refractivity contribution in [1.29, 1.82) is 0 Å². The van der Waals surface area contributed by atoms with Gasteiger partial charge in [0.15, 0.2) is 0 Å². The summed E-state index contributed by atoms with van der Waals surface area (Å²) < 4.78 is 0. The van der Waals surface area contributed by atoms with Crippen molar-refractivity contribution in [3.05, 3.63) is 0 Å². The van der Waals surface area contributed by atoms with Crippen molar-refractivity contribution in [1.82, 2.24) is 10.2 Å². The predicted octanol–water partition coefficient (Wildman–Crippen LogP) is 3.89. The van der Waals surface area contributed by atoms with Crippen LogP contribution in [-0.2, 0) is 4.79 Å². The van der Waals surface area contributed by atoms with Crippen LogP contribution in [-0.4, -0.2) is 29.1 Å². The maximum atomic E-state index is 12.9. The van der Waals surface area contributed by atoms with E-state index in [-0.39, 0.29) is 11.7 Å². The van der Waals surface area contributed by atoms with Crippen LogP contribution in [0.15, 0.2) is 0 Å². The Kier molecular flexibility index (Phi) is 6.27. The molecular weight excluding hydrogens is 260 g/mol. The van der Waals surface area contributed by atoms with Gasteiger partial charge in [-0.2, -0.15) is 0 Å². The van der Waals surface area contributed by atoms with E-state index in [0.29, 0.717) is 29.6 Å². The molecule has 1 aliphatic rings. The molecule has 3 nitrogen and oxygen atoms in total. The van der Waals surface area contributed by atoms with Crippen LogP contribution in [0, 0.1) is 23.7 Å². The van der Waals surface area contributed by atoms with Gasteiger partial charge < -0.3 is 4.90 Å².